The molecule has 0 aliphatic rings. The lowest BCUT2D eigenvalue weighted by Crippen LogP contribution is -2.41. The van der Waals surface area contributed by atoms with E-state index in [0.717, 1.165) is 13.0 Å². The van der Waals surface area contributed by atoms with Gasteiger partial charge in [0.2, 0.25) is 0 Å². The molecule has 5 nitrogen and oxygen atoms in total. The lowest BCUT2D eigenvalue weighted by atomic mass is 10.2. The maximum Gasteiger partial charge on any atom is 0.269 e. The third-order valence-electron chi connectivity index (χ3n) is 3.98. The molecule has 0 unspecified atom stereocenters. The number of likely N-dealkylation sites (N-methyl/N-ethyl adjacent to an activating group) is 1. The number of fused-ring (bicyclic) bond motifs is 1. The van der Waals surface area contributed by atoms with Gasteiger partial charge in [0, 0.05) is 29.7 Å². The molecule has 0 spiro atoms. The van der Waals surface area contributed by atoms with Gasteiger partial charge in [-0.05, 0) is 32.6 Å². The average Bonchev–Trinajstić information content (AvgIpc) is 3.13. The van der Waals surface area contributed by atoms with Crippen LogP contribution in [0.5, 0.6) is 0 Å². The van der Waals surface area contributed by atoms with Crippen molar-refractivity contribution in [3.63, 3.8) is 0 Å². The highest BCUT2D eigenvalue weighted by molar-refractivity contribution is 7.15. The van der Waals surface area contributed by atoms with Crippen molar-refractivity contribution >= 4 is 22.2 Å². The van der Waals surface area contributed by atoms with Crippen LogP contribution >= 0.6 is 11.3 Å². The molecule has 7 heteroatoms. The predicted molar refractivity (Wildman–Crippen MR) is 98.6 cm³/mol. The minimum Gasteiger partial charge on any atom is -0.347 e. The Hall–Kier alpha value is -2.25. The number of carbonyl (C=O) groups is 1. The van der Waals surface area contributed by atoms with E-state index >= 15 is 0 Å². The molecule has 3 rings (SSSR count). The zero-order valence-electron chi connectivity index (χ0n) is 14.5. The molecular formula is C18H21FN4OS. The van der Waals surface area contributed by atoms with Crippen LogP contribution in [0.1, 0.15) is 23.8 Å². The van der Waals surface area contributed by atoms with Crippen LogP contribution in [-0.2, 0) is 0 Å². The first-order valence-corrected chi connectivity index (χ1v) is 9.04. The van der Waals surface area contributed by atoms with Crippen molar-refractivity contribution in [1.82, 2.24) is 19.6 Å². The van der Waals surface area contributed by atoms with Crippen molar-refractivity contribution in [2.24, 2.45) is 0 Å². The number of rotatable bonds is 6. The molecule has 1 N–H and O–H groups in total. The number of halogens is 1. The highest BCUT2D eigenvalue weighted by Gasteiger charge is 2.18. The Morgan fingerprint density at radius 2 is 2.24 bits per heavy atom. The standard InChI is InChI=1S/C18H21FN4OS/c1-4-14(9-22(2)3)20-17(24)16-11-25-18-21-15(10-23(16)18)12-6-5-7-13(19)8-12/h5-8,10-11,14H,4,9H2,1-3H3,(H,20,24)/t14-/m1/s1. The first kappa shape index (κ1) is 17.6. The molecule has 0 aliphatic heterocycles. The van der Waals surface area contributed by atoms with Crippen molar-refractivity contribution in [3.8, 4) is 11.3 Å². The summed E-state index contributed by atoms with van der Waals surface area (Å²) >= 11 is 1.40. The molecule has 25 heavy (non-hydrogen) atoms. The highest BCUT2D eigenvalue weighted by atomic mass is 32.1. The summed E-state index contributed by atoms with van der Waals surface area (Å²) in [6, 6.07) is 6.38. The van der Waals surface area contributed by atoms with E-state index < -0.39 is 0 Å². The maximum atomic E-state index is 13.4. The Morgan fingerprint density at radius 3 is 2.92 bits per heavy atom. The van der Waals surface area contributed by atoms with Crippen molar-refractivity contribution in [1.29, 1.82) is 0 Å². The summed E-state index contributed by atoms with van der Waals surface area (Å²) in [7, 11) is 3.97. The van der Waals surface area contributed by atoms with Crippen LogP contribution in [0.4, 0.5) is 4.39 Å². The Morgan fingerprint density at radius 1 is 1.44 bits per heavy atom. The summed E-state index contributed by atoms with van der Waals surface area (Å²) in [6.45, 7) is 2.84. The zero-order valence-corrected chi connectivity index (χ0v) is 15.3. The number of imidazole rings is 1. The van der Waals surface area contributed by atoms with Gasteiger partial charge in [0.05, 0.1) is 5.69 Å². The Labute approximate surface area is 150 Å². The minimum absolute atomic E-state index is 0.0867. The van der Waals surface area contributed by atoms with E-state index in [4.69, 9.17) is 0 Å². The molecule has 0 radical (unpaired) electrons. The smallest absolute Gasteiger partial charge is 0.269 e. The van der Waals surface area contributed by atoms with Gasteiger partial charge in [-0.1, -0.05) is 19.1 Å². The molecule has 132 valence electrons. The van der Waals surface area contributed by atoms with E-state index in [9.17, 15) is 9.18 Å². The minimum atomic E-state index is -0.304. The second-order valence-corrected chi connectivity index (χ2v) is 7.09. The number of nitrogens with zero attached hydrogens (tertiary/aromatic N) is 3. The van der Waals surface area contributed by atoms with Crippen LogP contribution in [0.3, 0.4) is 0 Å². The van der Waals surface area contributed by atoms with E-state index in [0.29, 0.717) is 21.9 Å². The molecule has 0 saturated carbocycles. The molecule has 1 atom stereocenters. The monoisotopic (exact) mass is 360 g/mol. The number of benzene rings is 1. The molecule has 2 heterocycles. The molecule has 0 fully saturated rings. The number of amides is 1. The third kappa shape index (κ3) is 3.88. The first-order valence-electron chi connectivity index (χ1n) is 8.16. The van der Waals surface area contributed by atoms with Crippen LogP contribution in [0.2, 0.25) is 0 Å². The van der Waals surface area contributed by atoms with E-state index in [1.54, 1.807) is 28.1 Å². The zero-order chi connectivity index (χ0) is 18.0. The van der Waals surface area contributed by atoms with Gasteiger partial charge in [0.25, 0.3) is 5.91 Å². The molecule has 0 bridgehead atoms. The summed E-state index contributed by atoms with van der Waals surface area (Å²) in [4.78, 5) is 19.9. The van der Waals surface area contributed by atoms with Gasteiger partial charge >= 0.3 is 0 Å². The summed E-state index contributed by atoms with van der Waals surface area (Å²) < 4.78 is 15.2. The van der Waals surface area contributed by atoms with Gasteiger partial charge in [-0.15, -0.1) is 11.3 Å². The third-order valence-corrected chi connectivity index (χ3v) is 4.82. The van der Waals surface area contributed by atoms with Crippen LogP contribution in [-0.4, -0.2) is 46.9 Å². The van der Waals surface area contributed by atoms with E-state index in [1.165, 1.54) is 23.5 Å². The van der Waals surface area contributed by atoms with Crippen molar-refractivity contribution in [2.75, 3.05) is 20.6 Å². The Bertz CT molecular complexity index is 886. The summed E-state index contributed by atoms with van der Waals surface area (Å²) in [5.74, 6) is -0.426. The second kappa shape index (κ2) is 7.33. The fourth-order valence-electron chi connectivity index (χ4n) is 2.71. The predicted octanol–water partition coefficient (Wildman–Crippen LogP) is 3.27. The Kier molecular flexibility index (Phi) is 5.15. The number of hydrogen-bond donors (Lipinski definition) is 1. The lowest BCUT2D eigenvalue weighted by molar-refractivity contribution is 0.0923. The Balaban J connectivity index is 1.86. The van der Waals surface area contributed by atoms with Gasteiger partial charge in [-0.3, -0.25) is 9.20 Å². The summed E-state index contributed by atoms with van der Waals surface area (Å²) in [5, 5.41) is 4.87. The second-order valence-electron chi connectivity index (χ2n) is 6.25. The van der Waals surface area contributed by atoms with Gasteiger partial charge in [0.15, 0.2) is 4.96 Å². The van der Waals surface area contributed by atoms with Gasteiger partial charge in [-0.2, -0.15) is 0 Å². The molecule has 2 aromatic heterocycles. The molecule has 0 saturated heterocycles. The van der Waals surface area contributed by atoms with Crippen molar-refractivity contribution in [2.45, 2.75) is 19.4 Å². The fourth-order valence-corrected chi connectivity index (χ4v) is 3.56. The SMILES string of the molecule is CC[C@H](CN(C)C)NC(=O)c1csc2nc(-c3cccc(F)c3)cn12. The topological polar surface area (TPSA) is 49.6 Å². The van der Waals surface area contributed by atoms with Crippen molar-refractivity contribution in [3.05, 3.63) is 47.4 Å². The van der Waals surface area contributed by atoms with Crippen LogP contribution in [0.15, 0.2) is 35.8 Å². The number of aromatic nitrogens is 2. The van der Waals surface area contributed by atoms with Crippen LogP contribution in [0.25, 0.3) is 16.2 Å². The summed E-state index contributed by atoms with van der Waals surface area (Å²) in [5.41, 5.74) is 1.90. The van der Waals surface area contributed by atoms with Crippen LogP contribution in [0, 0.1) is 5.82 Å². The quantitative estimate of drug-likeness (QED) is 0.734. The maximum absolute atomic E-state index is 13.4. The fraction of sp³-hybridized carbons (Fsp3) is 0.333. The molecule has 1 aromatic carbocycles. The molecule has 0 aliphatic carbocycles. The lowest BCUT2D eigenvalue weighted by Gasteiger charge is -2.20. The van der Waals surface area contributed by atoms with Crippen molar-refractivity contribution < 1.29 is 9.18 Å². The highest BCUT2D eigenvalue weighted by Crippen LogP contribution is 2.24. The normalized spacial score (nSPS) is 12.7. The van der Waals surface area contributed by atoms with E-state index in [-0.39, 0.29) is 17.8 Å². The van der Waals surface area contributed by atoms with E-state index in [2.05, 4.69) is 22.1 Å². The largest absolute Gasteiger partial charge is 0.347 e. The first-order chi connectivity index (χ1) is 12.0. The summed E-state index contributed by atoms with van der Waals surface area (Å²) in [6.07, 6.45) is 2.64. The van der Waals surface area contributed by atoms with E-state index in [1.807, 2.05) is 14.1 Å². The van der Waals surface area contributed by atoms with Gasteiger partial charge in [0.1, 0.15) is 11.5 Å². The number of thiazole rings is 1. The van der Waals surface area contributed by atoms with Gasteiger partial charge in [-0.25, -0.2) is 9.37 Å². The number of carbonyl (C=O) groups excluding carboxylic acids is 1. The average molecular weight is 360 g/mol. The molecule has 3 aromatic rings. The van der Waals surface area contributed by atoms with Crippen LogP contribution < -0.4 is 5.32 Å². The molecular weight excluding hydrogens is 339 g/mol. The molecule has 1 amide bonds. The number of hydrogen-bond acceptors (Lipinski definition) is 4. The number of nitrogens with one attached hydrogen (secondary N) is 1. The van der Waals surface area contributed by atoms with Gasteiger partial charge < -0.3 is 10.2 Å².